The van der Waals surface area contributed by atoms with Gasteiger partial charge in [-0.05, 0) is 41.5 Å². The first-order chi connectivity index (χ1) is 10.1. The highest BCUT2D eigenvalue weighted by molar-refractivity contribution is 5.67. The van der Waals surface area contributed by atoms with Gasteiger partial charge < -0.3 is 20.2 Å². The molecule has 132 valence electrons. The minimum Gasteiger partial charge on any atom is -0.446 e. The van der Waals surface area contributed by atoms with E-state index in [-0.39, 0.29) is 8.96 Å². The minimum absolute atomic E-state index is 0. The summed E-state index contributed by atoms with van der Waals surface area (Å²) in [5.41, 5.74) is -0.881. The number of hydrogen-bond acceptors (Lipinski definition) is 5. The molecule has 22 heavy (non-hydrogen) atoms. The summed E-state index contributed by atoms with van der Waals surface area (Å²) in [5.74, 6) is 0. The van der Waals surface area contributed by atoms with Crippen LogP contribution in [0.3, 0.4) is 0 Å². The van der Waals surface area contributed by atoms with Gasteiger partial charge in [0.05, 0.1) is 11.1 Å². The van der Waals surface area contributed by atoms with Crippen molar-refractivity contribution in [2.75, 3.05) is 13.1 Å². The Hall–Kier alpha value is -1.50. The predicted octanol–water partition coefficient (Wildman–Crippen LogP) is 2.91. The van der Waals surface area contributed by atoms with Crippen LogP contribution in [0.2, 0.25) is 0 Å². The van der Waals surface area contributed by atoms with E-state index in [1.54, 1.807) is 5.06 Å². The van der Waals surface area contributed by atoms with Gasteiger partial charge >= 0.3 is 12.2 Å². The molecule has 0 bridgehead atoms. The number of carbonyl (C=O) groups is 2. The van der Waals surface area contributed by atoms with Crippen molar-refractivity contribution in [3.63, 3.8) is 0 Å². The van der Waals surface area contributed by atoms with E-state index in [9.17, 15) is 9.59 Å². The number of hydrogen-bond donors (Lipinski definition) is 2. The van der Waals surface area contributed by atoms with Gasteiger partial charge in [-0.15, -0.1) is 5.06 Å². The Morgan fingerprint density at radius 2 is 1.50 bits per heavy atom. The quantitative estimate of drug-likeness (QED) is 0.833. The van der Waals surface area contributed by atoms with E-state index in [1.807, 2.05) is 41.5 Å². The monoisotopic (exact) mass is 319 g/mol. The normalized spacial score (nSPS) is 21.0. The molecule has 1 fully saturated rings. The summed E-state index contributed by atoms with van der Waals surface area (Å²) in [5, 5.41) is 6.98. The molecular weight excluding hydrogens is 286 g/mol. The molecule has 1 aliphatic rings. The van der Waals surface area contributed by atoms with Gasteiger partial charge in [0.25, 0.3) is 0 Å². The number of carbonyl (C=O) groups excluding carboxylic acids is 2. The van der Waals surface area contributed by atoms with Crippen molar-refractivity contribution in [3.8, 4) is 0 Å². The van der Waals surface area contributed by atoms with Crippen LogP contribution in [0.4, 0.5) is 9.59 Å². The molecule has 1 rings (SSSR count). The van der Waals surface area contributed by atoms with E-state index >= 15 is 0 Å². The third kappa shape index (κ3) is 4.76. The van der Waals surface area contributed by atoms with Crippen molar-refractivity contribution in [2.45, 2.75) is 71.6 Å². The number of amides is 2. The van der Waals surface area contributed by atoms with E-state index in [4.69, 9.17) is 9.57 Å². The van der Waals surface area contributed by atoms with Crippen molar-refractivity contribution in [1.29, 1.82) is 0 Å². The number of nitrogens with one attached hydrogen (secondary N) is 2. The number of nitrogens with zero attached hydrogens (tertiary/aromatic N) is 1. The van der Waals surface area contributed by atoms with Crippen LogP contribution in [0.1, 0.15) is 57.2 Å². The summed E-state index contributed by atoms with van der Waals surface area (Å²) in [6.45, 7) is 12.6. The lowest BCUT2D eigenvalue weighted by Gasteiger charge is -2.52. The Balaban J connectivity index is 0. The van der Waals surface area contributed by atoms with Crippen LogP contribution >= 0.6 is 0 Å². The second kappa shape index (κ2) is 7.17. The summed E-state index contributed by atoms with van der Waals surface area (Å²) >= 11 is 0. The van der Waals surface area contributed by atoms with Gasteiger partial charge in [0, 0.05) is 28.8 Å². The molecule has 1 saturated heterocycles. The van der Waals surface area contributed by atoms with Crippen molar-refractivity contribution in [2.24, 2.45) is 0 Å². The smallest absolute Gasteiger partial charge is 0.426 e. The first-order valence-electron chi connectivity index (χ1n) is 7.83. The van der Waals surface area contributed by atoms with Crippen LogP contribution in [0.5, 0.6) is 0 Å². The maximum atomic E-state index is 11.8. The molecule has 1 heterocycles. The fourth-order valence-corrected chi connectivity index (χ4v) is 3.10. The molecule has 0 saturated carbocycles. The van der Waals surface area contributed by atoms with Crippen LogP contribution in [0.15, 0.2) is 0 Å². The van der Waals surface area contributed by atoms with Gasteiger partial charge in [-0.2, -0.15) is 0 Å². The van der Waals surface area contributed by atoms with E-state index in [1.165, 1.54) is 0 Å². The Bertz CT molecular complexity index is 402. The molecule has 0 spiro atoms. The number of hydroxylamine groups is 2. The van der Waals surface area contributed by atoms with E-state index in [0.29, 0.717) is 25.9 Å². The lowest BCUT2D eigenvalue weighted by Crippen LogP contribution is -2.63. The fraction of sp³-hybridized carbons (Fsp3) is 0.867. The molecule has 0 aliphatic carbocycles. The summed E-state index contributed by atoms with van der Waals surface area (Å²) in [6, 6.07) is 0. The minimum atomic E-state index is -0.466. The Labute approximate surface area is 135 Å². The highest BCUT2D eigenvalue weighted by Gasteiger charge is 2.49. The fourth-order valence-electron chi connectivity index (χ4n) is 3.10. The van der Waals surface area contributed by atoms with Crippen molar-refractivity contribution in [3.05, 3.63) is 0 Å². The molecular formula is C15H33N3O4. The lowest BCUT2D eigenvalue weighted by molar-refractivity contribution is -0.253. The van der Waals surface area contributed by atoms with Crippen LogP contribution in [0.25, 0.3) is 0 Å². The summed E-state index contributed by atoms with van der Waals surface area (Å²) in [7, 11) is 0. The third-order valence-electron chi connectivity index (χ3n) is 3.64. The number of alkyl carbamates (subject to hydrolysis) is 1. The second-order valence-electron chi connectivity index (χ2n) is 6.79. The SMILES string of the molecule is CCNC(=O)OC1CC(C)(C)N(OC(=O)NCC)C(C)(C)C1.[HH].[HH]. The molecule has 0 aromatic carbocycles. The maximum Gasteiger partial charge on any atom is 0.426 e. The largest absolute Gasteiger partial charge is 0.446 e. The summed E-state index contributed by atoms with van der Waals surface area (Å²) in [4.78, 5) is 28.9. The first-order valence-corrected chi connectivity index (χ1v) is 7.83. The molecule has 7 heteroatoms. The van der Waals surface area contributed by atoms with Gasteiger partial charge in [0.2, 0.25) is 0 Å². The van der Waals surface area contributed by atoms with Crippen molar-refractivity contribution in [1.82, 2.24) is 15.7 Å². The number of ether oxygens (including phenoxy) is 1. The zero-order chi connectivity index (χ0) is 17.0. The van der Waals surface area contributed by atoms with Crippen molar-refractivity contribution >= 4 is 12.2 Å². The second-order valence-corrected chi connectivity index (χ2v) is 6.79. The molecule has 0 radical (unpaired) electrons. The lowest BCUT2D eigenvalue weighted by atomic mass is 9.80. The highest BCUT2D eigenvalue weighted by atomic mass is 16.7. The van der Waals surface area contributed by atoms with E-state index in [2.05, 4.69) is 10.6 Å². The van der Waals surface area contributed by atoms with Gasteiger partial charge in [0.15, 0.2) is 0 Å². The molecule has 7 nitrogen and oxygen atoms in total. The molecule has 0 unspecified atom stereocenters. The molecule has 2 N–H and O–H groups in total. The molecule has 1 aliphatic heterocycles. The van der Waals surface area contributed by atoms with Gasteiger partial charge in [-0.1, -0.05) is 0 Å². The Morgan fingerprint density at radius 1 is 1.05 bits per heavy atom. The van der Waals surface area contributed by atoms with Crippen LogP contribution in [0, 0.1) is 0 Å². The van der Waals surface area contributed by atoms with Crippen molar-refractivity contribution < 1.29 is 22.0 Å². The van der Waals surface area contributed by atoms with E-state index < -0.39 is 23.3 Å². The Morgan fingerprint density at radius 3 is 1.95 bits per heavy atom. The molecule has 2 amide bonds. The maximum absolute atomic E-state index is 11.8. The van der Waals surface area contributed by atoms with E-state index in [0.717, 1.165) is 0 Å². The zero-order valence-corrected chi connectivity index (χ0v) is 14.5. The topological polar surface area (TPSA) is 79.9 Å². The van der Waals surface area contributed by atoms with Crippen LogP contribution < -0.4 is 10.6 Å². The summed E-state index contributed by atoms with van der Waals surface area (Å²) < 4.78 is 5.47. The van der Waals surface area contributed by atoms with Gasteiger partial charge in [-0.25, -0.2) is 9.59 Å². The Kier molecular flexibility index (Phi) is 6.05. The number of rotatable bonds is 4. The van der Waals surface area contributed by atoms with Gasteiger partial charge in [-0.3, -0.25) is 0 Å². The highest BCUT2D eigenvalue weighted by Crippen LogP contribution is 2.39. The number of piperidine rings is 1. The summed E-state index contributed by atoms with van der Waals surface area (Å²) in [6.07, 6.45) is 0.0921. The average molecular weight is 319 g/mol. The van der Waals surface area contributed by atoms with Crippen LogP contribution in [-0.2, 0) is 9.57 Å². The third-order valence-corrected chi connectivity index (χ3v) is 3.64. The van der Waals surface area contributed by atoms with Crippen LogP contribution in [-0.4, -0.2) is 47.5 Å². The average Bonchev–Trinajstić information content (AvgIpc) is 2.33. The predicted molar refractivity (Wildman–Crippen MR) is 87.6 cm³/mol. The zero-order valence-electron chi connectivity index (χ0n) is 14.5. The molecule has 0 aromatic heterocycles. The molecule has 0 atom stereocenters. The molecule has 0 aromatic rings. The first kappa shape index (κ1) is 18.5. The standard InChI is InChI=1S/C15H29N3O4.2H2/c1-7-16-12(19)21-11-9-14(3,4)18(15(5,6)10-11)22-13(20)17-8-2;;/h11H,7-10H2,1-6H3,(H,16,19)(H,17,20);2*1H. The van der Waals surface area contributed by atoms with Gasteiger partial charge in [0.1, 0.15) is 6.10 Å².